The fourth-order valence-electron chi connectivity index (χ4n) is 2.94. The van der Waals surface area contributed by atoms with Crippen molar-refractivity contribution in [2.24, 2.45) is 0 Å². The van der Waals surface area contributed by atoms with E-state index in [1.807, 2.05) is 6.92 Å². The molecule has 2 aromatic rings. The molecule has 0 radical (unpaired) electrons. The van der Waals surface area contributed by atoms with Gasteiger partial charge in [-0.3, -0.25) is 4.79 Å². The Morgan fingerprint density at radius 1 is 1.00 bits per heavy atom. The summed E-state index contributed by atoms with van der Waals surface area (Å²) in [6.45, 7) is 8.31. The highest BCUT2D eigenvalue weighted by Crippen LogP contribution is 2.34. The third-order valence-corrected chi connectivity index (χ3v) is 5.49. The van der Waals surface area contributed by atoms with Crippen molar-refractivity contribution in [3.63, 3.8) is 0 Å². The van der Waals surface area contributed by atoms with Gasteiger partial charge in [-0.05, 0) is 44.7 Å². The van der Waals surface area contributed by atoms with E-state index in [0.29, 0.717) is 24.1 Å². The van der Waals surface area contributed by atoms with E-state index in [0.717, 1.165) is 50.0 Å². The first-order valence-electron chi connectivity index (χ1n) is 11.7. The van der Waals surface area contributed by atoms with E-state index in [1.54, 1.807) is 5.38 Å². The lowest BCUT2D eigenvalue weighted by atomic mass is 10.1. The molecule has 0 atom stereocenters. The number of hydrogen-bond acceptors (Lipinski definition) is 5. The molecule has 186 valence electrons. The van der Waals surface area contributed by atoms with Gasteiger partial charge >= 0.3 is 5.97 Å². The van der Waals surface area contributed by atoms with Crippen molar-refractivity contribution < 1.29 is 28.2 Å². The molecule has 8 heteroatoms. The summed E-state index contributed by atoms with van der Waals surface area (Å²) in [5.74, 6) is -2.82. The van der Waals surface area contributed by atoms with Gasteiger partial charge in [-0.1, -0.05) is 39.5 Å². The molecule has 0 saturated heterocycles. The number of hydrogen-bond donors (Lipinski definition) is 1. The maximum atomic E-state index is 14.1. The molecular formula is C25H37F2NO4S. The molecule has 1 aromatic heterocycles. The van der Waals surface area contributed by atoms with Gasteiger partial charge in [-0.15, -0.1) is 11.3 Å². The molecule has 2 rings (SSSR count). The number of halogens is 2. The normalized spacial score (nSPS) is 10.6. The first-order valence-corrected chi connectivity index (χ1v) is 12.6. The van der Waals surface area contributed by atoms with Crippen LogP contribution in [0, 0.1) is 18.6 Å². The van der Waals surface area contributed by atoms with Crippen LogP contribution in [-0.2, 0) is 9.53 Å². The van der Waals surface area contributed by atoms with Gasteiger partial charge in [0.1, 0.15) is 0 Å². The van der Waals surface area contributed by atoms with Gasteiger partial charge in [0.2, 0.25) is 5.82 Å². The van der Waals surface area contributed by atoms with Crippen molar-refractivity contribution in [3.8, 4) is 17.0 Å². The minimum atomic E-state index is -0.996. The molecule has 0 spiro atoms. The third kappa shape index (κ3) is 12.1. The van der Waals surface area contributed by atoms with Gasteiger partial charge < -0.3 is 14.6 Å². The third-order valence-electron chi connectivity index (χ3n) is 4.72. The summed E-state index contributed by atoms with van der Waals surface area (Å²) in [4.78, 5) is 14.7. The Kier molecular flexibility index (Phi) is 15.3. The van der Waals surface area contributed by atoms with E-state index in [1.165, 1.54) is 30.2 Å². The Labute approximate surface area is 200 Å². The summed E-state index contributed by atoms with van der Waals surface area (Å²) in [6, 6.07) is 2.56. The van der Waals surface area contributed by atoms with E-state index in [2.05, 4.69) is 18.8 Å². The second kappa shape index (κ2) is 17.4. The summed E-state index contributed by atoms with van der Waals surface area (Å²) in [7, 11) is 0. The molecule has 1 N–H and O–H groups in total. The molecule has 0 aliphatic carbocycles. The number of ether oxygens (including phenoxy) is 2. The molecule has 0 aliphatic rings. The fourth-order valence-corrected chi connectivity index (χ4v) is 3.55. The number of unbranched alkanes of at least 4 members (excludes halogenated alkanes) is 5. The van der Waals surface area contributed by atoms with Crippen LogP contribution >= 0.6 is 11.3 Å². The fraction of sp³-hybridized carbons (Fsp3) is 0.600. The smallest absolute Gasteiger partial charge is 0.303 e. The Bertz CT molecular complexity index is 808. The quantitative estimate of drug-likeness (QED) is 0.266. The topological polar surface area (TPSA) is 68.7 Å². The second-order valence-corrected chi connectivity index (χ2v) is 8.78. The summed E-state index contributed by atoms with van der Waals surface area (Å²) < 4.78 is 38.4. The standard InChI is InChI=1S/C18H21F2NO3S.C7H16O/c1-12-21-15(11-25-12)13-8-9-14(19)17(20)18(13)24-10-6-4-2-3-5-7-16(22)23;1-3-5-7-8-6-4-2/h8-9,11H,2-7,10H2,1H3,(H,22,23);3-7H2,1-2H3. The first kappa shape index (κ1) is 29.0. The number of rotatable bonds is 15. The van der Waals surface area contributed by atoms with E-state index < -0.39 is 17.6 Å². The highest BCUT2D eigenvalue weighted by Gasteiger charge is 2.18. The second-order valence-electron chi connectivity index (χ2n) is 7.72. The maximum Gasteiger partial charge on any atom is 0.303 e. The monoisotopic (exact) mass is 485 g/mol. The van der Waals surface area contributed by atoms with Crippen molar-refractivity contribution in [3.05, 3.63) is 34.2 Å². The molecule has 33 heavy (non-hydrogen) atoms. The summed E-state index contributed by atoms with van der Waals surface area (Å²) in [5.41, 5.74) is 1.02. The average Bonchev–Trinajstić information content (AvgIpc) is 3.22. The number of aliphatic carboxylic acids is 1. The average molecular weight is 486 g/mol. The first-order chi connectivity index (χ1) is 15.9. The Balaban J connectivity index is 0.000000582. The number of thiazole rings is 1. The van der Waals surface area contributed by atoms with Crippen LogP contribution in [0.5, 0.6) is 5.75 Å². The van der Waals surface area contributed by atoms with Crippen molar-refractivity contribution >= 4 is 17.3 Å². The van der Waals surface area contributed by atoms with Gasteiger partial charge in [0, 0.05) is 30.6 Å². The molecule has 1 heterocycles. The lowest BCUT2D eigenvalue weighted by Crippen LogP contribution is -2.03. The predicted molar refractivity (Wildman–Crippen MR) is 129 cm³/mol. The highest BCUT2D eigenvalue weighted by atomic mass is 32.1. The Hall–Kier alpha value is -2.06. The molecule has 0 fully saturated rings. The van der Waals surface area contributed by atoms with Crippen LogP contribution in [0.25, 0.3) is 11.3 Å². The maximum absolute atomic E-state index is 14.1. The molecule has 1 aromatic carbocycles. The number of benzene rings is 1. The number of nitrogens with zero attached hydrogens (tertiary/aromatic N) is 1. The molecule has 0 amide bonds. The number of carboxylic acids is 1. The number of carboxylic acid groups (broad SMARTS) is 1. The lowest BCUT2D eigenvalue weighted by Gasteiger charge is -2.12. The zero-order chi connectivity index (χ0) is 24.5. The number of aromatic nitrogens is 1. The molecule has 5 nitrogen and oxygen atoms in total. The van der Waals surface area contributed by atoms with E-state index in [4.69, 9.17) is 14.6 Å². The van der Waals surface area contributed by atoms with Crippen LogP contribution in [-0.4, -0.2) is 35.9 Å². The predicted octanol–water partition coefficient (Wildman–Crippen LogP) is 7.41. The molecule has 0 aliphatic heterocycles. The van der Waals surface area contributed by atoms with Crippen molar-refractivity contribution in [1.82, 2.24) is 4.98 Å². The van der Waals surface area contributed by atoms with Crippen LogP contribution in [0.2, 0.25) is 0 Å². The SMILES string of the molecule is CCCCOCCC.Cc1nc(-c2ccc(F)c(F)c2OCCCCCCCC(=O)O)cs1. The van der Waals surface area contributed by atoms with Gasteiger partial charge in [0.15, 0.2) is 11.6 Å². The van der Waals surface area contributed by atoms with Crippen molar-refractivity contribution in [2.45, 2.75) is 78.6 Å². The van der Waals surface area contributed by atoms with E-state index in [-0.39, 0.29) is 18.8 Å². The van der Waals surface area contributed by atoms with Crippen LogP contribution in [0.4, 0.5) is 8.78 Å². The Morgan fingerprint density at radius 2 is 1.73 bits per heavy atom. The zero-order valence-electron chi connectivity index (χ0n) is 20.0. The summed E-state index contributed by atoms with van der Waals surface area (Å²) >= 11 is 1.43. The summed E-state index contributed by atoms with van der Waals surface area (Å²) in [6.07, 6.45) is 7.70. The van der Waals surface area contributed by atoms with Gasteiger partial charge in [-0.2, -0.15) is 4.39 Å². The molecule has 0 saturated carbocycles. The molecule has 0 unspecified atom stereocenters. The minimum Gasteiger partial charge on any atom is -0.490 e. The van der Waals surface area contributed by atoms with Crippen molar-refractivity contribution in [2.75, 3.05) is 19.8 Å². The van der Waals surface area contributed by atoms with Gasteiger partial charge in [-0.25, -0.2) is 9.37 Å². The van der Waals surface area contributed by atoms with Gasteiger partial charge in [0.05, 0.1) is 17.3 Å². The lowest BCUT2D eigenvalue weighted by molar-refractivity contribution is -0.137. The highest BCUT2D eigenvalue weighted by molar-refractivity contribution is 7.09. The van der Waals surface area contributed by atoms with Gasteiger partial charge in [0.25, 0.3) is 0 Å². The largest absolute Gasteiger partial charge is 0.490 e. The number of carbonyl (C=O) groups is 1. The van der Waals surface area contributed by atoms with E-state index in [9.17, 15) is 13.6 Å². The molecule has 0 bridgehead atoms. The van der Waals surface area contributed by atoms with E-state index >= 15 is 0 Å². The van der Waals surface area contributed by atoms with Crippen LogP contribution in [0.3, 0.4) is 0 Å². The Morgan fingerprint density at radius 3 is 2.36 bits per heavy atom. The minimum absolute atomic E-state index is 0.101. The van der Waals surface area contributed by atoms with Crippen LogP contribution < -0.4 is 4.74 Å². The van der Waals surface area contributed by atoms with Crippen molar-refractivity contribution in [1.29, 1.82) is 0 Å². The molecular weight excluding hydrogens is 448 g/mol. The summed E-state index contributed by atoms with van der Waals surface area (Å²) in [5, 5.41) is 11.2. The zero-order valence-corrected chi connectivity index (χ0v) is 20.8. The van der Waals surface area contributed by atoms with Crippen LogP contribution in [0.15, 0.2) is 17.5 Å². The van der Waals surface area contributed by atoms with Crippen LogP contribution in [0.1, 0.15) is 76.6 Å². The number of aryl methyl sites for hydroxylation is 1.